The van der Waals surface area contributed by atoms with Crippen molar-refractivity contribution in [3.63, 3.8) is 0 Å². The lowest BCUT2D eigenvalue weighted by Gasteiger charge is -2.15. The van der Waals surface area contributed by atoms with Crippen molar-refractivity contribution >= 4 is 12.2 Å². The minimum Gasteiger partial charge on any atom is -0.467 e. The molecule has 0 bridgehead atoms. The summed E-state index contributed by atoms with van der Waals surface area (Å²) in [6.45, 7) is 0.616. The van der Waals surface area contributed by atoms with Crippen molar-refractivity contribution in [1.82, 2.24) is 4.57 Å². The zero-order chi connectivity index (χ0) is 17.1. The molecular weight excluding hydrogens is 326 g/mol. The van der Waals surface area contributed by atoms with Crippen LogP contribution in [0.25, 0.3) is 22.4 Å². The van der Waals surface area contributed by atoms with E-state index in [1.165, 1.54) is 0 Å². The highest BCUT2D eigenvalue weighted by Crippen LogP contribution is 2.28. The standard InChI is InChI=1S/C22H17NOS/c25-22-15-19(17-8-3-1-4-9-17)14-21(18-10-5-2-6-11-18)23(22)16-20-12-7-13-24-20/h1-15H,16H2. The molecule has 4 rings (SSSR count). The summed E-state index contributed by atoms with van der Waals surface area (Å²) in [5, 5.41) is 0. The summed E-state index contributed by atoms with van der Waals surface area (Å²) in [6.07, 6.45) is 1.69. The number of hydrogen-bond acceptors (Lipinski definition) is 2. The van der Waals surface area contributed by atoms with Gasteiger partial charge in [-0.15, -0.1) is 0 Å². The molecule has 2 nitrogen and oxygen atoms in total. The van der Waals surface area contributed by atoms with Crippen molar-refractivity contribution in [2.24, 2.45) is 0 Å². The Hall–Kier alpha value is -2.91. The molecule has 0 spiro atoms. The highest BCUT2D eigenvalue weighted by molar-refractivity contribution is 7.71. The second-order valence-electron chi connectivity index (χ2n) is 5.87. The third-order valence-electron chi connectivity index (χ3n) is 4.20. The fourth-order valence-corrected chi connectivity index (χ4v) is 3.25. The minimum absolute atomic E-state index is 0.616. The van der Waals surface area contributed by atoms with Gasteiger partial charge in [-0.2, -0.15) is 0 Å². The van der Waals surface area contributed by atoms with Gasteiger partial charge in [0.2, 0.25) is 0 Å². The Bertz CT molecular complexity index is 1020. The number of rotatable bonds is 4. The summed E-state index contributed by atoms with van der Waals surface area (Å²) in [5.74, 6) is 0.890. The van der Waals surface area contributed by atoms with E-state index in [4.69, 9.17) is 16.6 Å². The van der Waals surface area contributed by atoms with Gasteiger partial charge in [0.1, 0.15) is 10.4 Å². The molecule has 122 valence electrons. The quantitative estimate of drug-likeness (QED) is 0.411. The van der Waals surface area contributed by atoms with Crippen LogP contribution in [0.4, 0.5) is 0 Å². The van der Waals surface area contributed by atoms with Gasteiger partial charge in [0, 0.05) is 0 Å². The van der Waals surface area contributed by atoms with E-state index in [0.717, 1.165) is 32.8 Å². The predicted molar refractivity (Wildman–Crippen MR) is 104 cm³/mol. The molecule has 0 amide bonds. The summed E-state index contributed by atoms with van der Waals surface area (Å²) >= 11 is 5.72. The highest BCUT2D eigenvalue weighted by atomic mass is 32.1. The average Bonchev–Trinajstić information content (AvgIpc) is 3.18. The van der Waals surface area contributed by atoms with Crippen LogP contribution >= 0.6 is 12.2 Å². The first-order valence-electron chi connectivity index (χ1n) is 8.19. The van der Waals surface area contributed by atoms with Crippen LogP contribution in [0.5, 0.6) is 0 Å². The Labute approximate surface area is 152 Å². The van der Waals surface area contributed by atoms with E-state index in [2.05, 4.69) is 41.0 Å². The molecule has 0 aliphatic heterocycles. The molecule has 0 saturated carbocycles. The maximum atomic E-state index is 5.72. The summed E-state index contributed by atoms with van der Waals surface area (Å²) in [6, 6.07) is 28.8. The third-order valence-corrected chi connectivity index (χ3v) is 4.54. The SMILES string of the molecule is S=c1cc(-c2ccccc2)cc(-c2ccccc2)n1Cc1ccco1. The van der Waals surface area contributed by atoms with E-state index in [0.29, 0.717) is 6.54 Å². The van der Waals surface area contributed by atoms with Gasteiger partial charge in [-0.1, -0.05) is 72.9 Å². The average molecular weight is 343 g/mol. The van der Waals surface area contributed by atoms with Crippen LogP contribution in [0.15, 0.2) is 95.6 Å². The van der Waals surface area contributed by atoms with Gasteiger partial charge >= 0.3 is 0 Å². The van der Waals surface area contributed by atoms with Crippen LogP contribution in [-0.2, 0) is 6.54 Å². The Morgan fingerprint density at radius 3 is 2.04 bits per heavy atom. The van der Waals surface area contributed by atoms with E-state index < -0.39 is 0 Å². The Morgan fingerprint density at radius 1 is 0.720 bits per heavy atom. The molecule has 0 atom stereocenters. The van der Waals surface area contributed by atoms with Crippen molar-refractivity contribution in [2.45, 2.75) is 6.54 Å². The largest absolute Gasteiger partial charge is 0.467 e. The van der Waals surface area contributed by atoms with E-state index in [9.17, 15) is 0 Å². The molecule has 4 aromatic rings. The Kier molecular flexibility index (Phi) is 4.32. The molecule has 3 heteroatoms. The maximum Gasteiger partial charge on any atom is 0.123 e. The molecule has 0 N–H and O–H groups in total. The summed E-state index contributed by atoms with van der Waals surface area (Å²) < 4.78 is 8.44. The number of benzene rings is 2. The van der Waals surface area contributed by atoms with E-state index in [1.54, 1.807) is 6.26 Å². The molecule has 0 unspecified atom stereocenters. The number of nitrogens with zero attached hydrogens (tertiary/aromatic N) is 1. The fourth-order valence-electron chi connectivity index (χ4n) is 2.96. The predicted octanol–water partition coefficient (Wildman–Crippen LogP) is 6.19. The van der Waals surface area contributed by atoms with Crippen LogP contribution in [0.2, 0.25) is 0 Å². The second kappa shape index (κ2) is 6.91. The van der Waals surface area contributed by atoms with Crippen molar-refractivity contribution < 1.29 is 4.42 Å². The van der Waals surface area contributed by atoms with Crippen molar-refractivity contribution in [2.75, 3.05) is 0 Å². The molecule has 2 aromatic carbocycles. The first kappa shape index (κ1) is 15.6. The van der Waals surface area contributed by atoms with Gasteiger partial charge in [0.05, 0.1) is 18.5 Å². The monoisotopic (exact) mass is 343 g/mol. The topological polar surface area (TPSA) is 18.1 Å². The highest BCUT2D eigenvalue weighted by Gasteiger charge is 2.10. The first-order chi connectivity index (χ1) is 12.3. The van der Waals surface area contributed by atoms with Crippen LogP contribution in [0.3, 0.4) is 0 Å². The normalized spacial score (nSPS) is 10.7. The Balaban J connectivity index is 1.90. The zero-order valence-corrected chi connectivity index (χ0v) is 14.4. The molecule has 0 fully saturated rings. The number of furan rings is 1. The number of hydrogen-bond donors (Lipinski definition) is 0. The van der Waals surface area contributed by atoms with Crippen molar-refractivity contribution in [1.29, 1.82) is 0 Å². The van der Waals surface area contributed by atoms with Gasteiger partial charge in [-0.3, -0.25) is 0 Å². The van der Waals surface area contributed by atoms with Crippen LogP contribution in [0, 0.1) is 4.64 Å². The van der Waals surface area contributed by atoms with Crippen LogP contribution in [0.1, 0.15) is 5.76 Å². The van der Waals surface area contributed by atoms with E-state index >= 15 is 0 Å². The number of aromatic nitrogens is 1. The molecule has 0 saturated heterocycles. The third kappa shape index (κ3) is 3.32. The van der Waals surface area contributed by atoms with Crippen LogP contribution < -0.4 is 0 Å². The van der Waals surface area contributed by atoms with Gasteiger partial charge in [-0.25, -0.2) is 0 Å². The van der Waals surface area contributed by atoms with Gasteiger partial charge < -0.3 is 8.98 Å². The lowest BCUT2D eigenvalue weighted by molar-refractivity contribution is 0.493. The zero-order valence-electron chi connectivity index (χ0n) is 13.6. The lowest BCUT2D eigenvalue weighted by Crippen LogP contribution is -2.05. The molecular formula is C22H17NOS. The maximum absolute atomic E-state index is 5.72. The summed E-state index contributed by atoms with van der Waals surface area (Å²) in [5.41, 5.74) is 4.51. The Morgan fingerprint density at radius 2 is 1.40 bits per heavy atom. The van der Waals surface area contributed by atoms with E-state index in [1.807, 2.05) is 48.5 Å². The second-order valence-corrected chi connectivity index (χ2v) is 6.28. The smallest absolute Gasteiger partial charge is 0.123 e. The minimum atomic E-state index is 0.616. The van der Waals surface area contributed by atoms with Crippen molar-refractivity contribution in [3.8, 4) is 22.4 Å². The summed E-state index contributed by atoms with van der Waals surface area (Å²) in [7, 11) is 0. The molecule has 2 heterocycles. The molecule has 0 aliphatic rings. The summed E-state index contributed by atoms with van der Waals surface area (Å²) in [4.78, 5) is 0. The number of pyridine rings is 1. The molecule has 0 radical (unpaired) electrons. The lowest BCUT2D eigenvalue weighted by atomic mass is 10.0. The van der Waals surface area contributed by atoms with Crippen LogP contribution in [-0.4, -0.2) is 4.57 Å². The first-order valence-corrected chi connectivity index (χ1v) is 8.60. The van der Waals surface area contributed by atoms with Gasteiger partial charge in [-0.05, 0) is 41.0 Å². The fraction of sp³-hybridized carbons (Fsp3) is 0.0455. The molecule has 2 aromatic heterocycles. The van der Waals surface area contributed by atoms with Gasteiger partial charge in [0.15, 0.2) is 0 Å². The molecule has 25 heavy (non-hydrogen) atoms. The van der Waals surface area contributed by atoms with Crippen molar-refractivity contribution in [3.05, 3.63) is 102 Å². The van der Waals surface area contributed by atoms with Gasteiger partial charge in [0.25, 0.3) is 0 Å². The van der Waals surface area contributed by atoms with E-state index in [-0.39, 0.29) is 0 Å². The molecule has 0 aliphatic carbocycles.